The molecule has 0 saturated carbocycles. The highest BCUT2D eigenvalue weighted by molar-refractivity contribution is 7.22. The van der Waals surface area contributed by atoms with Crippen LogP contribution in [0.25, 0.3) is 21.0 Å². The number of halogens is 2. The highest BCUT2D eigenvalue weighted by atomic mass is 32.1. The first-order valence-corrected chi connectivity index (χ1v) is 10.2. The lowest BCUT2D eigenvalue weighted by Gasteiger charge is -2.22. The molecule has 0 aliphatic heterocycles. The second-order valence-electron chi connectivity index (χ2n) is 6.96. The Morgan fingerprint density at radius 1 is 0.867 bits per heavy atom. The predicted molar refractivity (Wildman–Crippen MR) is 117 cm³/mol. The molecule has 0 spiro atoms. The number of hydrogen-bond acceptors (Lipinski definition) is 4. The van der Waals surface area contributed by atoms with Crippen LogP contribution in [-0.2, 0) is 0 Å². The second kappa shape index (κ2) is 7.39. The summed E-state index contributed by atoms with van der Waals surface area (Å²) in [5.41, 5.74) is 1.91. The van der Waals surface area contributed by atoms with Gasteiger partial charge < -0.3 is 10.4 Å². The first-order chi connectivity index (χ1) is 14.6. The third kappa shape index (κ3) is 3.25. The number of para-hydroxylation sites is 1. The summed E-state index contributed by atoms with van der Waals surface area (Å²) in [7, 11) is 0. The highest BCUT2D eigenvalue weighted by Crippen LogP contribution is 2.39. The molecule has 1 aromatic heterocycles. The van der Waals surface area contributed by atoms with Gasteiger partial charge in [0, 0.05) is 5.56 Å². The van der Waals surface area contributed by atoms with E-state index in [4.69, 9.17) is 0 Å². The van der Waals surface area contributed by atoms with E-state index in [0.717, 1.165) is 33.1 Å². The maximum Gasteiger partial charge on any atom is 0.184 e. The van der Waals surface area contributed by atoms with Crippen molar-refractivity contribution in [1.82, 2.24) is 4.98 Å². The molecular weight excluding hydrogens is 402 g/mol. The van der Waals surface area contributed by atoms with E-state index in [2.05, 4.69) is 10.3 Å². The lowest BCUT2D eigenvalue weighted by molar-refractivity contribution is 0.467. The fraction of sp³-hybridized carbons (Fsp3) is 0.0417. The van der Waals surface area contributed by atoms with Gasteiger partial charge in [-0.3, -0.25) is 0 Å². The Hall–Kier alpha value is -3.51. The Balaban J connectivity index is 1.70. The van der Waals surface area contributed by atoms with E-state index < -0.39 is 17.7 Å². The predicted octanol–water partition coefficient (Wildman–Crippen LogP) is 6.63. The van der Waals surface area contributed by atoms with Crippen LogP contribution in [0.3, 0.4) is 0 Å². The highest BCUT2D eigenvalue weighted by Gasteiger charge is 2.23. The maximum atomic E-state index is 14.1. The molecule has 30 heavy (non-hydrogen) atoms. The van der Waals surface area contributed by atoms with Crippen molar-refractivity contribution in [2.75, 3.05) is 5.32 Å². The molecule has 1 heterocycles. The number of benzene rings is 4. The number of phenolic OH excluding ortho intramolecular Hbond substituents is 1. The van der Waals surface area contributed by atoms with Crippen molar-refractivity contribution in [2.45, 2.75) is 6.04 Å². The molecule has 2 N–H and O–H groups in total. The van der Waals surface area contributed by atoms with E-state index in [-0.39, 0.29) is 5.75 Å². The zero-order chi connectivity index (χ0) is 20.7. The Bertz CT molecular complexity index is 1350. The number of anilines is 1. The van der Waals surface area contributed by atoms with Crippen molar-refractivity contribution in [3.63, 3.8) is 0 Å². The summed E-state index contributed by atoms with van der Waals surface area (Å²) in [6, 6.07) is 22.0. The van der Waals surface area contributed by atoms with Crippen LogP contribution in [0.4, 0.5) is 13.9 Å². The largest absolute Gasteiger partial charge is 0.508 e. The Morgan fingerprint density at radius 3 is 2.50 bits per heavy atom. The van der Waals surface area contributed by atoms with Crippen LogP contribution < -0.4 is 5.32 Å². The molecule has 1 unspecified atom stereocenters. The fourth-order valence-electron chi connectivity index (χ4n) is 3.66. The number of rotatable bonds is 4. The van der Waals surface area contributed by atoms with Crippen LogP contribution in [0.2, 0.25) is 0 Å². The first-order valence-electron chi connectivity index (χ1n) is 9.38. The van der Waals surface area contributed by atoms with Gasteiger partial charge in [0.2, 0.25) is 0 Å². The van der Waals surface area contributed by atoms with Gasteiger partial charge in [-0.2, -0.15) is 0 Å². The van der Waals surface area contributed by atoms with Gasteiger partial charge in [-0.05, 0) is 46.7 Å². The standard InChI is InChI=1S/C24H16F2N2OS/c25-17-11-9-15(13-18(17)26)23(28-24-27-19-7-3-4-8-21(19)30-24)22-16-6-2-1-5-14(16)10-12-20(22)29/h1-13,23,29H,(H,27,28). The Labute approximate surface area is 175 Å². The summed E-state index contributed by atoms with van der Waals surface area (Å²) in [5, 5.41) is 16.5. The minimum Gasteiger partial charge on any atom is -0.508 e. The molecule has 5 rings (SSSR count). The molecule has 4 aromatic carbocycles. The molecule has 0 fully saturated rings. The van der Waals surface area contributed by atoms with Crippen LogP contribution in [0.15, 0.2) is 78.9 Å². The number of hydrogen-bond donors (Lipinski definition) is 2. The fourth-order valence-corrected chi connectivity index (χ4v) is 4.55. The second-order valence-corrected chi connectivity index (χ2v) is 7.99. The van der Waals surface area contributed by atoms with Gasteiger partial charge in [0.1, 0.15) is 5.75 Å². The summed E-state index contributed by atoms with van der Waals surface area (Å²) in [6.45, 7) is 0. The lowest BCUT2D eigenvalue weighted by atomic mass is 9.92. The minimum absolute atomic E-state index is 0.0667. The van der Waals surface area contributed by atoms with E-state index in [0.29, 0.717) is 16.3 Å². The summed E-state index contributed by atoms with van der Waals surface area (Å²) >= 11 is 1.46. The van der Waals surface area contributed by atoms with Gasteiger partial charge in [0.25, 0.3) is 0 Å². The number of aromatic nitrogens is 1. The summed E-state index contributed by atoms with van der Waals surface area (Å²) in [4.78, 5) is 4.61. The van der Waals surface area contributed by atoms with Gasteiger partial charge in [-0.1, -0.05) is 59.9 Å². The zero-order valence-corrected chi connectivity index (χ0v) is 16.5. The number of aromatic hydroxyl groups is 1. The maximum absolute atomic E-state index is 14.1. The van der Waals surface area contributed by atoms with Gasteiger partial charge >= 0.3 is 0 Å². The average molecular weight is 418 g/mol. The van der Waals surface area contributed by atoms with Crippen LogP contribution in [-0.4, -0.2) is 10.1 Å². The van der Waals surface area contributed by atoms with Crippen LogP contribution >= 0.6 is 11.3 Å². The minimum atomic E-state index is -0.941. The molecule has 0 bridgehead atoms. The Morgan fingerprint density at radius 2 is 1.67 bits per heavy atom. The SMILES string of the molecule is Oc1ccc2ccccc2c1C(Nc1nc2ccccc2s1)c1ccc(F)c(F)c1. The number of thiazole rings is 1. The van der Waals surface area contributed by atoms with Crippen molar-refractivity contribution < 1.29 is 13.9 Å². The van der Waals surface area contributed by atoms with Gasteiger partial charge in [-0.15, -0.1) is 0 Å². The molecule has 148 valence electrons. The van der Waals surface area contributed by atoms with Crippen molar-refractivity contribution in [3.8, 4) is 5.75 Å². The number of nitrogens with one attached hydrogen (secondary N) is 1. The Kier molecular flexibility index (Phi) is 4.56. The van der Waals surface area contributed by atoms with Gasteiger partial charge in [0.05, 0.1) is 16.3 Å². The summed E-state index contributed by atoms with van der Waals surface area (Å²) < 4.78 is 28.7. The summed E-state index contributed by atoms with van der Waals surface area (Å²) in [5.74, 6) is -1.79. The lowest BCUT2D eigenvalue weighted by Crippen LogP contribution is -2.13. The molecule has 1 atom stereocenters. The molecule has 0 radical (unpaired) electrons. The topological polar surface area (TPSA) is 45.1 Å². The molecule has 3 nitrogen and oxygen atoms in total. The van der Waals surface area contributed by atoms with E-state index in [1.54, 1.807) is 6.07 Å². The number of nitrogens with zero attached hydrogens (tertiary/aromatic N) is 1. The number of fused-ring (bicyclic) bond motifs is 2. The van der Waals surface area contributed by atoms with Crippen molar-refractivity contribution in [2.24, 2.45) is 0 Å². The van der Waals surface area contributed by atoms with Gasteiger partial charge in [0.15, 0.2) is 16.8 Å². The van der Waals surface area contributed by atoms with Crippen molar-refractivity contribution in [3.05, 3.63) is 102 Å². The zero-order valence-electron chi connectivity index (χ0n) is 15.6. The molecule has 6 heteroatoms. The van der Waals surface area contributed by atoms with Crippen LogP contribution in [0.5, 0.6) is 5.75 Å². The first kappa shape index (κ1) is 18.5. The number of phenols is 1. The van der Waals surface area contributed by atoms with Crippen LogP contribution in [0, 0.1) is 11.6 Å². The smallest absolute Gasteiger partial charge is 0.184 e. The monoisotopic (exact) mass is 418 g/mol. The normalized spacial score (nSPS) is 12.3. The van der Waals surface area contributed by atoms with E-state index in [9.17, 15) is 13.9 Å². The third-order valence-electron chi connectivity index (χ3n) is 5.08. The van der Waals surface area contributed by atoms with Crippen LogP contribution in [0.1, 0.15) is 17.2 Å². The van der Waals surface area contributed by atoms with Crippen molar-refractivity contribution >= 4 is 37.5 Å². The molecular formula is C24H16F2N2OS. The van der Waals surface area contributed by atoms with E-state index >= 15 is 0 Å². The van der Waals surface area contributed by atoms with Gasteiger partial charge in [-0.25, -0.2) is 13.8 Å². The molecule has 0 aliphatic rings. The summed E-state index contributed by atoms with van der Waals surface area (Å²) in [6.07, 6.45) is 0. The van der Waals surface area contributed by atoms with E-state index in [1.165, 1.54) is 17.4 Å². The third-order valence-corrected chi connectivity index (χ3v) is 6.04. The molecule has 5 aromatic rings. The molecule has 0 aliphatic carbocycles. The molecule has 0 saturated heterocycles. The van der Waals surface area contributed by atoms with Crippen molar-refractivity contribution in [1.29, 1.82) is 0 Å². The van der Waals surface area contributed by atoms with E-state index in [1.807, 2.05) is 54.6 Å². The molecule has 0 amide bonds. The quantitative estimate of drug-likeness (QED) is 0.344. The average Bonchev–Trinajstić information content (AvgIpc) is 3.17.